The van der Waals surface area contributed by atoms with Gasteiger partial charge in [-0.2, -0.15) is 0 Å². The number of hydrogen-bond acceptors (Lipinski definition) is 9. The monoisotopic (exact) mass is 488 g/mol. The number of carbonyl (C=O) groups excluding carboxylic acids is 2. The van der Waals surface area contributed by atoms with Gasteiger partial charge in [-0.25, -0.2) is 14.8 Å². The number of nitrogens with zero attached hydrogens (tertiary/aromatic N) is 3. The van der Waals surface area contributed by atoms with Gasteiger partial charge in [0, 0.05) is 53.4 Å². The molecule has 34 heavy (non-hydrogen) atoms. The zero-order valence-corrected chi connectivity index (χ0v) is 20.4. The highest BCUT2D eigenvalue weighted by molar-refractivity contribution is 7.12. The van der Waals surface area contributed by atoms with Gasteiger partial charge in [0.15, 0.2) is 0 Å². The van der Waals surface area contributed by atoms with Crippen molar-refractivity contribution in [3.8, 4) is 11.1 Å². The number of aromatic nitrogens is 2. The molecule has 2 aliphatic rings. The van der Waals surface area contributed by atoms with Crippen molar-refractivity contribution in [1.82, 2.24) is 25.5 Å². The summed E-state index contributed by atoms with van der Waals surface area (Å²) in [6, 6.07) is 2.31. The zero-order chi connectivity index (χ0) is 24.1. The molecule has 3 heterocycles. The number of amides is 2. The summed E-state index contributed by atoms with van der Waals surface area (Å²) < 4.78 is 10.4. The second-order valence-corrected chi connectivity index (χ2v) is 9.72. The fraction of sp³-hybridized carbons (Fsp3) is 0.565. The van der Waals surface area contributed by atoms with Crippen molar-refractivity contribution >= 4 is 29.3 Å². The van der Waals surface area contributed by atoms with E-state index < -0.39 is 12.2 Å². The minimum atomic E-state index is -0.439. The van der Waals surface area contributed by atoms with E-state index in [1.807, 2.05) is 4.90 Å². The second kappa shape index (κ2) is 11.1. The summed E-state index contributed by atoms with van der Waals surface area (Å²) in [6.45, 7) is 4.46. The summed E-state index contributed by atoms with van der Waals surface area (Å²) in [5.41, 5.74) is 7.60. The van der Waals surface area contributed by atoms with E-state index in [0.717, 1.165) is 53.1 Å². The minimum Gasteiger partial charge on any atom is -0.453 e. The van der Waals surface area contributed by atoms with Crippen molar-refractivity contribution in [2.45, 2.75) is 50.8 Å². The van der Waals surface area contributed by atoms with Gasteiger partial charge < -0.3 is 30.7 Å². The second-order valence-electron chi connectivity index (χ2n) is 8.55. The number of aryl methyl sites for hydroxylation is 1. The summed E-state index contributed by atoms with van der Waals surface area (Å²) >= 11 is 1.69. The molecular formula is C23H32N6O4S. The Kier molecular flexibility index (Phi) is 7.96. The topological polar surface area (TPSA) is 132 Å². The Hall–Kier alpha value is -2.76. The molecule has 1 saturated heterocycles. The number of methoxy groups -OCH3 is 1. The third-order valence-electron chi connectivity index (χ3n) is 6.07. The molecule has 4 N–H and O–H groups in total. The smallest absolute Gasteiger partial charge is 0.406 e. The fourth-order valence-electron chi connectivity index (χ4n) is 4.14. The van der Waals surface area contributed by atoms with Crippen molar-refractivity contribution < 1.29 is 19.1 Å². The first-order valence-electron chi connectivity index (χ1n) is 11.6. The van der Waals surface area contributed by atoms with E-state index in [1.165, 1.54) is 7.11 Å². The third kappa shape index (κ3) is 5.83. The SMILES string of the molecule is COC(=O)NCCCc1sc([C@H](C)N(C(=O)[C@H]2CNCCO2)C2CC2)cc1-c1cnc(N)nc1. The lowest BCUT2D eigenvalue weighted by molar-refractivity contribution is -0.148. The molecule has 1 aliphatic heterocycles. The maximum absolute atomic E-state index is 13.4. The lowest BCUT2D eigenvalue weighted by Crippen LogP contribution is -2.50. The number of nitrogen functional groups attached to an aromatic ring is 1. The van der Waals surface area contributed by atoms with Crippen LogP contribution < -0.4 is 16.4 Å². The average Bonchev–Trinajstić information content (AvgIpc) is 3.60. The number of anilines is 1. The first-order chi connectivity index (χ1) is 16.5. The Balaban J connectivity index is 1.56. The molecule has 0 radical (unpaired) electrons. The number of thiophene rings is 1. The quantitative estimate of drug-likeness (QED) is 0.458. The molecule has 4 rings (SSSR count). The zero-order valence-electron chi connectivity index (χ0n) is 19.6. The molecule has 184 valence electrons. The van der Waals surface area contributed by atoms with Crippen LogP contribution in [0.4, 0.5) is 10.7 Å². The Bertz CT molecular complexity index is 988. The predicted octanol–water partition coefficient (Wildman–Crippen LogP) is 2.12. The molecule has 2 amide bonds. The van der Waals surface area contributed by atoms with Crippen LogP contribution in [0.15, 0.2) is 18.5 Å². The highest BCUT2D eigenvalue weighted by atomic mass is 32.1. The molecule has 10 nitrogen and oxygen atoms in total. The molecule has 0 unspecified atom stereocenters. The van der Waals surface area contributed by atoms with Crippen molar-refractivity contribution in [2.24, 2.45) is 0 Å². The van der Waals surface area contributed by atoms with E-state index in [0.29, 0.717) is 19.7 Å². The van der Waals surface area contributed by atoms with Crippen LogP contribution in [-0.2, 0) is 20.7 Å². The predicted molar refractivity (Wildman–Crippen MR) is 129 cm³/mol. The minimum absolute atomic E-state index is 0.0526. The van der Waals surface area contributed by atoms with Crippen LogP contribution >= 0.6 is 11.3 Å². The lowest BCUT2D eigenvalue weighted by Gasteiger charge is -2.33. The molecule has 2 aromatic heterocycles. The van der Waals surface area contributed by atoms with E-state index in [9.17, 15) is 9.59 Å². The van der Waals surface area contributed by atoms with Crippen LogP contribution in [0.25, 0.3) is 11.1 Å². The van der Waals surface area contributed by atoms with Crippen molar-refractivity contribution in [3.05, 3.63) is 28.2 Å². The summed E-state index contributed by atoms with van der Waals surface area (Å²) in [6.07, 6.45) is 6.11. The highest BCUT2D eigenvalue weighted by Crippen LogP contribution is 2.41. The summed E-state index contributed by atoms with van der Waals surface area (Å²) in [4.78, 5) is 37.3. The number of nitrogens with one attached hydrogen (secondary N) is 2. The van der Waals surface area contributed by atoms with Gasteiger partial charge in [0.2, 0.25) is 5.95 Å². The van der Waals surface area contributed by atoms with Crippen molar-refractivity contribution in [2.75, 3.05) is 39.1 Å². The molecule has 1 saturated carbocycles. The normalized spacial score (nSPS) is 18.8. The van der Waals surface area contributed by atoms with Crippen LogP contribution in [0, 0.1) is 0 Å². The van der Waals surface area contributed by atoms with Crippen LogP contribution in [-0.4, -0.2) is 72.4 Å². The Morgan fingerprint density at radius 1 is 1.38 bits per heavy atom. The number of hydrogen-bond donors (Lipinski definition) is 3. The third-order valence-corrected chi connectivity index (χ3v) is 7.44. The molecule has 2 fully saturated rings. The number of nitrogens with two attached hydrogens (primary N) is 1. The molecule has 11 heteroatoms. The van der Waals surface area contributed by atoms with Crippen LogP contribution in [0.1, 0.15) is 42.0 Å². The Morgan fingerprint density at radius 3 is 2.79 bits per heavy atom. The molecule has 1 aliphatic carbocycles. The number of alkyl carbamates (subject to hydrolysis) is 1. The Morgan fingerprint density at radius 2 is 2.15 bits per heavy atom. The lowest BCUT2D eigenvalue weighted by atomic mass is 10.1. The van der Waals surface area contributed by atoms with Gasteiger partial charge in [-0.3, -0.25) is 4.79 Å². The maximum Gasteiger partial charge on any atom is 0.406 e. The molecule has 0 bridgehead atoms. The summed E-state index contributed by atoms with van der Waals surface area (Å²) in [7, 11) is 1.35. The number of carbonyl (C=O) groups is 2. The summed E-state index contributed by atoms with van der Waals surface area (Å²) in [5, 5.41) is 5.98. The van der Waals surface area contributed by atoms with Crippen LogP contribution in [0.5, 0.6) is 0 Å². The first kappa shape index (κ1) is 24.4. The van der Waals surface area contributed by atoms with Gasteiger partial charge in [-0.05, 0) is 44.2 Å². The van der Waals surface area contributed by atoms with E-state index in [1.54, 1.807) is 23.7 Å². The average molecular weight is 489 g/mol. The first-order valence-corrected chi connectivity index (χ1v) is 12.5. The van der Waals surface area contributed by atoms with Crippen molar-refractivity contribution in [3.63, 3.8) is 0 Å². The number of morpholine rings is 1. The fourth-order valence-corrected chi connectivity index (χ4v) is 5.42. The highest BCUT2D eigenvalue weighted by Gasteiger charge is 2.40. The van der Waals surface area contributed by atoms with Gasteiger partial charge in [-0.15, -0.1) is 11.3 Å². The van der Waals surface area contributed by atoms with E-state index in [-0.39, 0.29) is 23.9 Å². The van der Waals surface area contributed by atoms with E-state index in [4.69, 9.17) is 10.5 Å². The van der Waals surface area contributed by atoms with E-state index in [2.05, 4.69) is 38.3 Å². The molecule has 0 spiro atoms. The van der Waals surface area contributed by atoms with Crippen molar-refractivity contribution in [1.29, 1.82) is 0 Å². The maximum atomic E-state index is 13.4. The molecular weight excluding hydrogens is 456 g/mol. The van der Waals surface area contributed by atoms with E-state index >= 15 is 0 Å². The standard InChI is InChI=1S/C23H32N6O4S/c1-14(29(16-5-6-16)21(30)18-13-25-8-9-33-18)20-10-17(15-11-27-22(24)28-12-15)19(34-20)4-3-7-26-23(31)32-2/h10-12,14,16,18,25H,3-9,13H2,1-2H3,(H,26,31)(H2,24,27,28)/t14-,18+/m0/s1. The van der Waals surface area contributed by atoms with Gasteiger partial charge in [0.25, 0.3) is 5.91 Å². The van der Waals surface area contributed by atoms with Crippen LogP contribution in [0.2, 0.25) is 0 Å². The number of ether oxygens (including phenoxy) is 2. The van der Waals surface area contributed by atoms with Gasteiger partial charge in [0.1, 0.15) is 6.10 Å². The van der Waals surface area contributed by atoms with Gasteiger partial charge >= 0.3 is 6.09 Å². The van der Waals surface area contributed by atoms with Crippen LogP contribution in [0.3, 0.4) is 0 Å². The summed E-state index contributed by atoms with van der Waals surface area (Å²) in [5.74, 6) is 0.278. The van der Waals surface area contributed by atoms with Gasteiger partial charge in [-0.1, -0.05) is 0 Å². The molecule has 2 atom stereocenters. The molecule has 2 aromatic rings. The number of rotatable bonds is 9. The van der Waals surface area contributed by atoms with Gasteiger partial charge in [0.05, 0.1) is 19.8 Å². The largest absolute Gasteiger partial charge is 0.453 e. The Labute approximate surface area is 203 Å². The molecule has 0 aromatic carbocycles.